The van der Waals surface area contributed by atoms with Gasteiger partial charge in [-0.05, 0) is 19.4 Å². The van der Waals surface area contributed by atoms with E-state index in [4.69, 9.17) is 4.74 Å². The number of ether oxygens (including phenoxy) is 1. The van der Waals surface area contributed by atoms with Crippen LogP contribution in [0.5, 0.6) is 6.01 Å². The molecule has 1 aliphatic rings. The van der Waals surface area contributed by atoms with Gasteiger partial charge in [-0.3, -0.25) is 0 Å². The molecule has 1 aliphatic heterocycles. The first-order chi connectivity index (χ1) is 6.84. The van der Waals surface area contributed by atoms with E-state index >= 15 is 0 Å². The molecule has 0 spiro atoms. The van der Waals surface area contributed by atoms with Crippen LogP contribution < -0.4 is 10.1 Å². The van der Waals surface area contributed by atoms with Gasteiger partial charge in [0.15, 0.2) is 5.82 Å². The molecule has 1 aromatic rings. The second-order valence-electron chi connectivity index (χ2n) is 3.27. The minimum Gasteiger partial charge on any atom is -0.459 e. The van der Waals surface area contributed by atoms with Crippen molar-refractivity contribution in [2.75, 3.05) is 13.1 Å². The molecule has 5 heteroatoms. The van der Waals surface area contributed by atoms with Crippen LogP contribution in [-0.2, 0) is 0 Å². The number of hydrogen-bond donors (Lipinski definition) is 1. The molecular formula is C9H12FN3O. The molecule has 1 fully saturated rings. The molecule has 1 saturated heterocycles. The van der Waals surface area contributed by atoms with E-state index in [1.54, 1.807) is 0 Å². The Hall–Kier alpha value is -1.23. The van der Waals surface area contributed by atoms with Crippen LogP contribution in [0, 0.1) is 5.82 Å². The lowest BCUT2D eigenvalue weighted by Gasteiger charge is -2.22. The van der Waals surface area contributed by atoms with E-state index in [0.29, 0.717) is 0 Å². The predicted molar refractivity (Wildman–Crippen MR) is 48.5 cm³/mol. The van der Waals surface area contributed by atoms with Crippen LogP contribution in [0.3, 0.4) is 0 Å². The molecule has 0 saturated carbocycles. The van der Waals surface area contributed by atoms with Crippen molar-refractivity contribution in [3.8, 4) is 6.01 Å². The summed E-state index contributed by atoms with van der Waals surface area (Å²) in [5.74, 6) is -0.445. The molecule has 76 valence electrons. The fourth-order valence-corrected chi connectivity index (χ4v) is 1.43. The van der Waals surface area contributed by atoms with Crippen LogP contribution >= 0.6 is 0 Å². The number of aromatic nitrogens is 2. The van der Waals surface area contributed by atoms with Crippen LogP contribution in [0.2, 0.25) is 0 Å². The number of piperidine rings is 1. The van der Waals surface area contributed by atoms with Gasteiger partial charge in [-0.1, -0.05) is 0 Å². The normalized spacial score (nSPS) is 21.9. The quantitative estimate of drug-likeness (QED) is 0.759. The average Bonchev–Trinajstić information content (AvgIpc) is 2.23. The molecule has 0 bridgehead atoms. The molecule has 0 radical (unpaired) electrons. The SMILES string of the molecule is Fc1cnc(OC2CCCNC2)nc1. The Morgan fingerprint density at radius 3 is 2.86 bits per heavy atom. The highest BCUT2D eigenvalue weighted by molar-refractivity contribution is 4.96. The summed E-state index contributed by atoms with van der Waals surface area (Å²) in [7, 11) is 0. The first-order valence-corrected chi connectivity index (χ1v) is 4.69. The highest BCUT2D eigenvalue weighted by Gasteiger charge is 2.15. The van der Waals surface area contributed by atoms with Gasteiger partial charge < -0.3 is 10.1 Å². The monoisotopic (exact) mass is 197 g/mol. The highest BCUT2D eigenvalue weighted by atomic mass is 19.1. The predicted octanol–water partition coefficient (Wildman–Crippen LogP) is 0.747. The molecular weight excluding hydrogens is 185 g/mol. The largest absolute Gasteiger partial charge is 0.459 e. The van der Waals surface area contributed by atoms with Crippen LogP contribution in [0.15, 0.2) is 12.4 Å². The third-order valence-corrected chi connectivity index (χ3v) is 2.12. The maximum atomic E-state index is 12.5. The van der Waals surface area contributed by atoms with Crippen LogP contribution in [0.1, 0.15) is 12.8 Å². The molecule has 2 heterocycles. The minimum absolute atomic E-state index is 0.106. The van der Waals surface area contributed by atoms with Gasteiger partial charge in [0.1, 0.15) is 6.10 Å². The van der Waals surface area contributed by atoms with Crippen molar-refractivity contribution in [3.63, 3.8) is 0 Å². The molecule has 2 rings (SSSR count). The summed E-state index contributed by atoms with van der Waals surface area (Å²) in [4.78, 5) is 7.47. The molecule has 14 heavy (non-hydrogen) atoms. The number of nitrogens with zero attached hydrogens (tertiary/aromatic N) is 2. The number of halogens is 1. The van der Waals surface area contributed by atoms with Gasteiger partial charge in [0, 0.05) is 6.54 Å². The van der Waals surface area contributed by atoms with Crippen LogP contribution in [0.25, 0.3) is 0 Å². The Balaban J connectivity index is 1.92. The summed E-state index contributed by atoms with van der Waals surface area (Å²) >= 11 is 0. The molecule has 1 atom stereocenters. The fourth-order valence-electron chi connectivity index (χ4n) is 1.43. The maximum Gasteiger partial charge on any atom is 0.316 e. The van der Waals surface area contributed by atoms with Crippen molar-refractivity contribution in [2.45, 2.75) is 18.9 Å². The Labute approximate surface area is 81.5 Å². The highest BCUT2D eigenvalue weighted by Crippen LogP contribution is 2.09. The molecule has 4 nitrogen and oxygen atoms in total. The zero-order valence-electron chi connectivity index (χ0n) is 7.74. The Morgan fingerprint density at radius 2 is 2.21 bits per heavy atom. The number of nitrogens with one attached hydrogen (secondary N) is 1. The van der Waals surface area contributed by atoms with E-state index in [0.717, 1.165) is 38.3 Å². The Kier molecular flexibility index (Phi) is 2.88. The second-order valence-corrected chi connectivity index (χ2v) is 3.27. The van der Waals surface area contributed by atoms with E-state index in [1.807, 2.05) is 0 Å². The van der Waals surface area contributed by atoms with Crippen LogP contribution in [-0.4, -0.2) is 29.2 Å². The summed E-state index contributed by atoms with van der Waals surface area (Å²) in [5.41, 5.74) is 0. The van der Waals surface area contributed by atoms with Gasteiger partial charge in [-0.25, -0.2) is 14.4 Å². The van der Waals surface area contributed by atoms with Crippen LogP contribution in [0.4, 0.5) is 4.39 Å². The zero-order valence-corrected chi connectivity index (χ0v) is 7.74. The van der Waals surface area contributed by atoms with E-state index in [2.05, 4.69) is 15.3 Å². The third kappa shape index (κ3) is 2.38. The van der Waals surface area contributed by atoms with Crippen molar-refractivity contribution in [1.29, 1.82) is 0 Å². The third-order valence-electron chi connectivity index (χ3n) is 2.12. The Morgan fingerprint density at radius 1 is 1.43 bits per heavy atom. The average molecular weight is 197 g/mol. The lowest BCUT2D eigenvalue weighted by atomic mass is 10.1. The van der Waals surface area contributed by atoms with Crippen molar-refractivity contribution in [2.24, 2.45) is 0 Å². The van der Waals surface area contributed by atoms with E-state index in [1.165, 1.54) is 0 Å². The second kappa shape index (κ2) is 4.32. The van der Waals surface area contributed by atoms with E-state index in [-0.39, 0.29) is 12.1 Å². The Bertz CT molecular complexity index is 285. The molecule has 0 aromatic carbocycles. The fraction of sp³-hybridized carbons (Fsp3) is 0.556. The summed E-state index contributed by atoms with van der Waals surface area (Å²) in [5, 5.41) is 3.21. The van der Waals surface area contributed by atoms with Crippen molar-refractivity contribution in [3.05, 3.63) is 18.2 Å². The van der Waals surface area contributed by atoms with Gasteiger partial charge in [0.25, 0.3) is 0 Å². The first kappa shape index (κ1) is 9.33. The molecule has 0 aliphatic carbocycles. The summed E-state index contributed by atoms with van der Waals surface area (Å²) in [6, 6.07) is 0.250. The maximum absolute atomic E-state index is 12.5. The van der Waals surface area contributed by atoms with E-state index < -0.39 is 5.82 Å². The topological polar surface area (TPSA) is 47.0 Å². The smallest absolute Gasteiger partial charge is 0.316 e. The lowest BCUT2D eigenvalue weighted by Crippen LogP contribution is -2.37. The molecule has 0 amide bonds. The van der Waals surface area contributed by atoms with E-state index in [9.17, 15) is 4.39 Å². The van der Waals surface area contributed by atoms with Crippen molar-refractivity contribution < 1.29 is 9.13 Å². The lowest BCUT2D eigenvalue weighted by molar-refractivity contribution is 0.153. The molecule has 1 N–H and O–H groups in total. The zero-order chi connectivity index (χ0) is 9.80. The van der Waals surface area contributed by atoms with Gasteiger partial charge >= 0.3 is 6.01 Å². The van der Waals surface area contributed by atoms with Gasteiger partial charge in [-0.2, -0.15) is 0 Å². The minimum atomic E-state index is -0.445. The van der Waals surface area contributed by atoms with Gasteiger partial charge in [0.2, 0.25) is 0 Å². The van der Waals surface area contributed by atoms with Crippen molar-refractivity contribution >= 4 is 0 Å². The first-order valence-electron chi connectivity index (χ1n) is 4.69. The standard InChI is InChI=1S/C9H12FN3O/c10-7-4-12-9(13-5-7)14-8-2-1-3-11-6-8/h4-5,8,11H,1-3,6H2. The number of hydrogen-bond acceptors (Lipinski definition) is 4. The summed E-state index contributed by atoms with van der Waals surface area (Å²) < 4.78 is 17.9. The number of rotatable bonds is 2. The summed E-state index contributed by atoms with van der Waals surface area (Å²) in [6.07, 6.45) is 4.41. The van der Waals surface area contributed by atoms with Gasteiger partial charge in [0.05, 0.1) is 12.4 Å². The summed E-state index contributed by atoms with van der Waals surface area (Å²) in [6.45, 7) is 1.84. The van der Waals surface area contributed by atoms with Gasteiger partial charge in [-0.15, -0.1) is 0 Å². The molecule has 1 aromatic heterocycles. The molecule has 1 unspecified atom stereocenters. The van der Waals surface area contributed by atoms with Crippen molar-refractivity contribution in [1.82, 2.24) is 15.3 Å².